The van der Waals surface area contributed by atoms with Crippen LogP contribution in [0.15, 0.2) is 0 Å². The van der Waals surface area contributed by atoms with Gasteiger partial charge in [0.1, 0.15) is 0 Å². The fourth-order valence-electron chi connectivity index (χ4n) is 2.39. The highest BCUT2D eigenvalue weighted by Crippen LogP contribution is 2.36. The highest BCUT2D eigenvalue weighted by molar-refractivity contribution is 5.79. The fourth-order valence-corrected chi connectivity index (χ4v) is 2.39. The first kappa shape index (κ1) is 10.9. The summed E-state index contributed by atoms with van der Waals surface area (Å²) in [5.41, 5.74) is 0. The predicted molar refractivity (Wildman–Crippen MR) is 60.4 cm³/mol. The maximum atomic E-state index is 11.9. The molecule has 86 valence electrons. The van der Waals surface area contributed by atoms with Gasteiger partial charge in [0.05, 0.1) is 5.92 Å². The van der Waals surface area contributed by atoms with Crippen LogP contribution in [-0.2, 0) is 4.79 Å². The average Bonchev–Trinajstić information content (AvgIpc) is 2.98. The molecular formula is C12H22N2O. The summed E-state index contributed by atoms with van der Waals surface area (Å²) in [7, 11) is 0. The lowest BCUT2D eigenvalue weighted by molar-refractivity contribution is -0.125. The molecular weight excluding hydrogens is 188 g/mol. The van der Waals surface area contributed by atoms with Crippen LogP contribution in [-0.4, -0.2) is 25.5 Å². The summed E-state index contributed by atoms with van der Waals surface area (Å²) in [5.74, 6) is 2.47. The molecule has 0 spiro atoms. The Balaban J connectivity index is 1.71. The molecule has 2 N–H and O–H groups in total. The summed E-state index contributed by atoms with van der Waals surface area (Å²) in [4.78, 5) is 11.9. The monoisotopic (exact) mass is 210 g/mol. The molecule has 1 amide bonds. The van der Waals surface area contributed by atoms with E-state index in [1.165, 1.54) is 12.8 Å². The Morgan fingerprint density at radius 1 is 1.47 bits per heavy atom. The van der Waals surface area contributed by atoms with E-state index in [0.717, 1.165) is 25.6 Å². The zero-order chi connectivity index (χ0) is 10.8. The molecule has 1 saturated heterocycles. The van der Waals surface area contributed by atoms with E-state index in [-0.39, 0.29) is 11.8 Å². The number of amides is 1. The summed E-state index contributed by atoms with van der Waals surface area (Å²) >= 11 is 0. The van der Waals surface area contributed by atoms with Crippen molar-refractivity contribution >= 4 is 5.91 Å². The van der Waals surface area contributed by atoms with Gasteiger partial charge < -0.3 is 10.6 Å². The first-order chi connectivity index (χ1) is 7.18. The lowest BCUT2D eigenvalue weighted by atomic mass is 9.97. The summed E-state index contributed by atoms with van der Waals surface area (Å²) in [5, 5.41) is 6.36. The zero-order valence-electron chi connectivity index (χ0n) is 9.75. The lowest BCUT2D eigenvalue weighted by Gasteiger charge is -2.16. The SMILES string of the molecule is CC(CNC(=O)[C@@H]1CNC[C@H]1C)C1CC1. The number of carbonyl (C=O) groups is 1. The second-order valence-electron chi connectivity index (χ2n) is 5.30. The second-order valence-corrected chi connectivity index (χ2v) is 5.30. The van der Waals surface area contributed by atoms with Crippen molar-refractivity contribution in [2.24, 2.45) is 23.7 Å². The van der Waals surface area contributed by atoms with Gasteiger partial charge in [0.25, 0.3) is 0 Å². The summed E-state index contributed by atoms with van der Waals surface area (Å²) < 4.78 is 0. The van der Waals surface area contributed by atoms with Gasteiger partial charge in [-0.1, -0.05) is 13.8 Å². The van der Waals surface area contributed by atoms with Crippen LogP contribution in [0.1, 0.15) is 26.7 Å². The molecule has 1 heterocycles. The molecule has 1 unspecified atom stereocenters. The molecule has 2 rings (SSSR count). The van der Waals surface area contributed by atoms with Crippen LogP contribution in [0.3, 0.4) is 0 Å². The third kappa shape index (κ3) is 2.71. The van der Waals surface area contributed by atoms with Crippen LogP contribution < -0.4 is 10.6 Å². The minimum absolute atomic E-state index is 0.191. The largest absolute Gasteiger partial charge is 0.356 e. The molecule has 0 aromatic rings. The van der Waals surface area contributed by atoms with Gasteiger partial charge in [-0.05, 0) is 37.1 Å². The third-order valence-corrected chi connectivity index (χ3v) is 3.88. The first-order valence-corrected chi connectivity index (χ1v) is 6.17. The summed E-state index contributed by atoms with van der Waals surface area (Å²) in [6.45, 7) is 7.09. The van der Waals surface area contributed by atoms with Crippen LogP contribution in [0.4, 0.5) is 0 Å². The van der Waals surface area contributed by atoms with Crippen LogP contribution >= 0.6 is 0 Å². The summed E-state index contributed by atoms with van der Waals surface area (Å²) in [6.07, 6.45) is 2.72. The first-order valence-electron chi connectivity index (χ1n) is 6.17. The number of rotatable bonds is 4. The van der Waals surface area contributed by atoms with E-state index in [9.17, 15) is 4.79 Å². The number of hydrogen-bond donors (Lipinski definition) is 2. The Bertz CT molecular complexity index is 238. The highest BCUT2D eigenvalue weighted by Gasteiger charge is 2.31. The van der Waals surface area contributed by atoms with Crippen molar-refractivity contribution < 1.29 is 4.79 Å². The molecule has 0 aromatic carbocycles. The van der Waals surface area contributed by atoms with Gasteiger partial charge in [-0.15, -0.1) is 0 Å². The topological polar surface area (TPSA) is 41.1 Å². The van der Waals surface area contributed by atoms with Gasteiger partial charge in [0, 0.05) is 13.1 Å². The fraction of sp³-hybridized carbons (Fsp3) is 0.917. The van der Waals surface area contributed by atoms with Gasteiger partial charge in [-0.25, -0.2) is 0 Å². The van der Waals surface area contributed by atoms with E-state index >= 15 is 0 Å². The molecule has 2 aliphatic rings. The van der Waals surface area contributed by atoms with Crippen molar-refractivity contribution in [3.8, 4) is 0 Å². The lowest BCUT2D eigenvalue weighted by Crippen LogP contribution is -2.37. The van der Waals surface area contributed by atoms with E-state index in [0.29, 0.717) is 11.8 Å². The van der Waals surface area contributed by atoms with E-state index < -0.39 is 0 Å². The molecule has 0 radical (unpaired) electrons. The predicted octanol–water partition coefficient (Wildman–Crippen LogP) is 1.00. The van der Waals surface area contributed by atoms with Crippen molar-refractivity contribution in [1.82, 2.24) is 10.6 Å². The van der Waals surface area contributed by atoms with E-state index in [1.54, 1.807) is 0 Å². The quantitative estimate of drug-likeness (QED) is 0.727. The molecule has 1 saturated carbocycles. The van der Waals surface area contributed by atoms with E-state index in [2.05, 4.69) is 24.5 Å². The highest BCUT2D eigenvalue weighted by atomic mass is 16.1. The molecule has 3 heteroatoms. The van der Waals surface area contributed by atoms with Crippen molar-refractivity contribution in [3.05, 3.63) is 0 Å². The molecule has 2 fully saturated rings. The Hall–Kier alpha value is -0.570. The Kier molecular flexibility index (Phi) is 3.29. The van der Waals surface area contributed by atoms with Crippen molar-refractivity contribution in [1.29, 1.82) is 0 Å². The van der Waals surface area contributed by atoms with Gasteiger partial charge in [0.15, 0.2) is 0 Å². The van der Waals surface area contributed by atoms with Crippen molar-refractivity contribution in [2.45, 2.75) is 26.7 Å². The molecule has 0 bridgehead atoms. The Morgan fingerprint density at radius 2 is 2.20 bits per heavy atom. The third-order valence-electron chi connectivity index (χ3n) is 3.88. The minimum atomic E-state index is 0.191. The number of hydrogen-bond acceptors (Lipinski definition) is 2. The molecule has 3 atom stereocenters. The van der Waals surface area contributed by atoms with Gasteiger partial charge >= 0.3 is 0 Å². The second kappa shape index (κ2) is 4.52. The maximum Gasteiger partial charge on any atom is 0.224 e. The standard InChI is InChI=1S/C12H22N2O/c1-8(10-3-4-10)6-14-12(15)11-7-13-5-9(11)2/h8-11,13H,3-7H2,1-2H3,(H,14,15)/t8?,9-,11-/m1/s1. The average molecular weight is 210 g/mol. The van der Waals surface area contributed by atoms with Crippen LogP contribution in [0.2, 0.25) is 0 Å². The smallest absolute Gasteiger partial charge is 0.224 e. The van der Waals surface area contributed by atoms with E-state index in [1.807, 2.05) is 0 Å². The Labute approximate surface area is 92.0 Å². The molecule has 0 aromatic heterocycles. The molecule has 15 heavy (non-hydrogen) atoms. The van der Waals surface area contributed by atoms with Crippen LogP contribution in [0, 0.1) is 23.7 Å². The number of carbonyl (C=O) groups excluding carboxylic acids is 1. The zero-order valence-corrected chi connectivity index (χ0v) is 9.75. The minimum Gasteiger partial charge on any atom is -0.356 e. The summed E-state index contributed by atoms with van der Waals surface area (Å²) in [6, 6.07) is 0. The number of nitrogens with one attached hydrogen (secondary N) is 2. The van der Waals surface area contributed by atoms with Crippen molar-refractivity contribution in [3.63, 3.8) is 0 Å². The Morgan fingerprint density at radius 3 is 2.73 bits per heavy atom. The van der Waals surface area contributed by atoms with E-state index in [4.69, 9.17) is 0 Å². The van der Waals surface area contributed by atoms with Gasteiger partial charge in [-0.2, -0.15) is 0 Å². The van der Waals surface area contributed by atoms with Gasteiger partial charge in [0.2, 0.25) is 5.91 Å². The van der Waals surface area contributed by atoms with Crippen LogP contribution in [0.5, 0.6) is 0 Å². The van der Waals surface area contributed by atoms with Crippen molar-refractivity contribution in [2.75, 3.05) is 19.6 Å². The molecule has 1 aliphatic heterocycles. The molecule has 1 aliphatic carbocycles. The normalized spacial score (nSPS) is 32.7. The van der Waals surface area contributed by atoms with Crippen LogP contribution in [0.25, 0.3) is 0 Å². The molecule has 3 nitrogen and oxygen atoms in total. The maximum absolute atomic E-state index is 11.9. The van der Waals surface area contributed by atoms with Gasteiger partial charge in [-0.3, -0.25) is 4.79 Å².